The minimum absolute atomic E-state index is 0.0338. The van der Waals surface area contributed by atoms with Crippen LogP contribution in [0.1, 0.15) is 76.3 Å². The third-order valence-corrected chi connectivity index (χ3v) is 10.6. The number of nitrogens with zero attached hydrogens (tertiary/aromatic N) is 5. The van der Waals surface area contributed by atoms with E-state index in [0.717, 1.165) is 0 Å². The van der Waals surface area contributed by atoms with Gasteiger partial charge in [-0.05, 0) is 70.8 Å². The second kappa shape index (κ2) is 31.8. The van der Waals surface area contributed by atoms with E-state index >= 15 is 0 Å². The minimum Gasteiger partial charge on any atom is -0.394 e. The molecule has 0 radical (unpaired) electrons. The van der Waals surface area contributed by atoms with Crippen molar-refractivity contribution in [3.05, 3.63) is 18.2 Å². The quantitative estimate of drug-likeness (QED) is 0.0135. The van der Waals surface area contributed by atoms with Gasteiger partial charge in [0.1, 0.15) is 42.5 Å². The third-order valence-electron chi connectivity index (χ3n) is 10.6. The molecule has 69 heavy (non-hydrogen) atoms. The molecule has 2 heterocycles. The van der Waals surface area contributed by atoms with Crippen LogP contribution >= 0.6 is 0 Å². The summed E-state index contributed by atoms with van der Waals surface area (Å²) in [7, 11) is 0. The lowest BCUT2D eigenvalue weighted by Crippen LogP contribution is -2.60. The van der Waals surface area contributed by atoms with Crippen molar-refractivity contribution in [3.8, 4) is 0 Å². The Morgan fingerprint density at radius 3 is 1.67 bits per heavy atom. The van der Waals surface area contributed by atoms with Crippen LogP contribution in [0.25, 0.3) is 0 Å². The average molecular weight is 977 g/mol. The highest BCUT2D eigenvalue weighted by atomic mass is 16.3. The molecule has 24 N–H and O–H groups in total. The summed E-state index contributed by atoms with van der Waals surface area (Å²) in [6.07, 6.45) is 5.57. The molecule has 0 aliphatic carbocycles. The number of carbonyl (C=O) groups excluding carboxylic acids is 8. The van der Waals surface area contributed by atoms with Gasteiger partial charge >= 0.3 is 0 Å². The molecule has 7 atom stereocenters. The molecule has 1 aromatic heterocycles. The average Bonchev–Trinajstić information content (AvgIpc) is 4.02. The Balaban J connectivity index is 2.48. The van der Waals surface area contributed by atoms with Crippen LogP contribution in [0.2, 0.25) is 0 Å². The Hall–Kier alpha value is -7.14. The van der Waals surface area contributed by atoms with Gasteiger partial charge in [0.05, 0.1) is 25.5 Å². The molecule has 2 rings (SSSR count). The SMILES string of the molecule is NCCCC[C@H](N)C(=O)N[C@@H](CCCN=C(N)N)C(=O)N[C@@H](CCCN=C(N)N)C(=O)N[C@@H](CCCN=C(N)N)C(=O)N[C@@H](Cc1cnc[nH]1)C(=O)N1CCC[C@H]1C(=O)N[C@@H](CO)C(=O)NCC=O. The van der Waals surface area contributed by atoms with Crippen molar-refractivity contribution in [2.75, 3.05) is 45.9 Å². The summed E-state index contributed by atoms with van der Waals surface area (Å²) in [5.74, 6) is -5.92. The van der Waals surface area contributed by atoms with Crippen LogP contribution < -0.4 is 77.8 Å². The van der Waals surface area contributed by atoms with Crippen molar-refractivity contribution in [1.29, 1.82) is 0 Å². The van der Waals surface area contributed by atoms with Crippen molar-refractivity contribution < 1.29 is 43.5 Å². The van der Waals surface area contributed by atoms with E-state index in [-0.39, 0.29) is 102 Å². The van der Waals surface area contributed by atoms with Crippen molar-refractivity contribution in [2.24, 2.45) is 60.8 Å². The number of imidazole rings is 1. The van der Waals surface area contributed by atoms with Crippen LogP contribution in [-0.2, 0) is 44.8 Å². The highest BCUT2D eigenvalue weighted by Gasteiger charge is 2.40. The lowest BCUT2D eigenvalue weighted by atomic mass is 10.0. The van der Waals surface area contributed by atoms with Crippen LogP contribution in [-0.4, -0.2) is 174 Å². The van der Waals surface area contributed by atoms with Gasteiger partial charge in [0.15, 0.2) is 17.9 Å². The van der Waals surface area contributed by atoms with Crippen LogP contribution in [0.5, 0.6) is 0 Å². The highest BCUT2D eigenvalue weighted by Crippen LogP contribution is 2.20. The number of aliphatic imine (C=N–C) groups is 3. The van der Waals surface area contributed by atoms with Gasteiger partial charge in [0, 0.05) is 44.5 Å². The lowest BCUT2D eigenvalue weighted by molar-refractivity contribution is -0.142. The molecule has 0 aromatic carbocycles. The second-order valence-electron chi connectivity index (χ2n) is 16.1. The number of likely N-dealkylation sites (tertiary alicyclic amines) is 1. The van der Waals surface area contributed by atoms with Crippen LogP contribution in [0.15, 0.2) is 27.5 Å². The largest absolute Gasteiger partial charge is 0.394 e. The van der Waals surface area contributed by atoms with Gasteiger partial charge < -0.3 is 97.6 Å². The number of rotatable bonds is 33. The molecule has 1 fully saturated rings. The Kier molecular flexibility index (Phi) is 26.7. The number of H-pyrrole nitrogens is 1. The predicted octanol–water partition coefficient (Wildman–Crippen LogP) is -7.71. The predicted molar refractivity (Wildman–Crippen MR) is 253 cm³/mol. The molecule has 7 amide bonds. The number of unbranched alkanes of at least 4 members (excludes halogenated alkanes) is 1. The maximum Gasteiger partial charge on any atom is 0.246 e. The number of hydrogen-bond acceptors (Lipinski definition) is 15. The number of nitrogens with one attached hydrogen (secondary N) is 7. The molecular formula is C40H72N20O9. The first-order valence-electron chi connectivity index (χ1n) is 22.7. The van der Waals surface area contributed by atoms with E-state index in [1.165, 1.54) is 17.4 Å². The van der Waals surface area contributed by atoms with Gasteiger partial charge in [-0.25, -0.2) is 4.98 Å². The Morgan fingerprint density at radius 2 is 1.22 bits per heavy atom. The highest BCUT2D eigenvalue weighted by molar-refractivity contribution is 5.97. The first kappa shape index (κ1) is 58.0. The Labute approximate surface area is 399 Å². The summed E-state index contributed by atoms with van der Waals surface area (Å²) in [5.41, 5.74) is 45.1. The number of aliphatic hydroxyl groups excluding tert-OH is 1. The molecular weight excluding hydrogens is 905 g/mol. The number of nitrogens with two attached hydrogens (primary N) is 8. The van der Waals surface area contributed by atoms with Gasteiger partial charge in [-0.2, -0.15) is 0 Å². The third kappa shape index (κ3) is 22.0. The van der Waals surface area contributed by atoms with Crippen LogP contribution in [0.3, 0.4) is 0 Å². The second-order valence-corrected chi connectivity index (χ2v) is 16.1. The van der Waals surface area contributed by atoms with E-state index in [4.69, 9.17) is 45.9 Å². The zero-order valence-corrected chi connectivity index (χ0v) is 38.8. The number of aromatic amines is 1. The fourth-order valence-corrected chi connectivity index (χ4v) is 7.10. The number of aliphatic hydroxyl groups is 1. The summed E-state index contributed by atoms with van der Waals surface area (Å²) in [6.45, 7) is -0.445. The minimum atomic E-state index is -1.42. The molecule has 0 unspecified atom stereocenters. The Bertz CT molecular complexity index is 1900. The topological polar surface area (TPSA) is 506 Å². The zero-order valence-electron chi connectivity index (χ0n) is 38.8. The van der Waals surface area contributed by atoms with E-state index < -0.39 is 90.3 Å². The number of guanidine groups is 3. The maximum absolute atomic E-state index is 14.4. The van der Waals surface area contributed by atoms with Gasteiger partial charge in [0.25, 0.3) is 0 Å². The molecule has 1 aromatic rings. The summed E-state index contributed by atoms with van der Waals surface area (Å²) in [4.78, 5) is 127. The van der Waals surface area contributed by atoms with Crippen LogP contribution in [0.4, 0.5) is 0 Å². The molecule has 29 nitrogen and oxygen atoms in total. The number of carbonyl (C=O) groups is 8. The van der Waals surface area contributed by atoms with E-state index in [2.05, 4.69) is 56.8 Å². The molecule has 386 valence electrons. The van der Waals surface area contributed by atoms with Crippen molar-refractivity contribution >= 4 is 65.5 Å². The fourth-order valence-electron chi connectivity index (χ4n) is 7.10. The van der Waals surface area contributed by atoms with Crippen molar-refractivity contribution in [2.45, 2.75) is 119 Å². The number of aldehydes is 1. The normalized spacial score (nSPS) is 15.6. The van der Waals surface area contributed by atoms with Gasteiger partial charge in [-0.3, -0.25) is 48.5 Å². The first-order chi connectivity index (χ1) is 32.9. The molecule has 0 spiro atoms. The summed E-state index contributed by atoms with van der Waals surface area (Å²) in [5, 5.41) is 25.2. The Morgan fingerprint density at radius 1 is 0.710 bits per heavy atom. The maximum atomic E-state index is 14.4. The van der Waals surface area contributed by atoms with Gasteiger partial charge in [-0.15, -0.1) is 0 Å². The smallest absolute Gasteiger partial charge is 0.246 e. The van der Waals surface area contributed by atoms with Gasteiger partial charge in [-0.1, -0.05) is 6.42 Å². The van der Waals surface area contributed by atoms with Gasteiger partial charge in [0.2, 0.25) is 41.4 Å². The molecule has 1 aliphatic rings. The summed E-state index contributed by atoms with van der Waals surface area (Å²) < 4.78 is 0. The summed E-state index contributed by atoms with van der Waals surface area (Å²) in [6, 6.07) is -8.79. The van der Waals surface area contributed by atoms with E-state index in [0.29, 0.717) is 44.2 Å². The molecule has 0 bridgehead atoms. The number of amides is 7. The molecule has 1 aliphatic heterocycles. The van der Waals surface area contributed by atoms with Crippen molar-refractivity contribution in [3.63, 3.8) is 0 Å². The first-order valence-corrected chi connectivity index (χ1v) is 22.7. The van der Waals surface area contributed by atoms with Crippen LogP contribution in [0, 0.1) is 0 Å². The van der Waals surface area contributed by atoms with E-state index in [1.807, 2.05) is 0 Å². The fraction of sp³-hybridized carbons (Fsp3) is 0.650. The lowest BCUT2D eigenvalue weighted by Gasteiger charge is -2.30. The number of aromatic nitrogens is 2. The summed E-state index contributed by atoms with van der Waals surface area (Å²) >= 11 is 0. The van der Waals surface area contributed by atoms with Crippen molar-refractivity contribution in [1.82, 2.24) is 46.8 Å². The molecule has 1 saturated heterocycles. The van der Waals surface area contributed by atoms with E-state index in [1.54, 1.807) is 0 Å². The monoisotopic (exact) mass is 977 g/mol. The van der Waals surface area contributed by atoms with E-state index in [9.17, 15) is 43.5 Å². The number of hydrogen-bond donors (Lipinski definition) is 16. The molecule has 29 heteroatoms. The zero-order chi connectivity index (χ0) is 51.3. The molecule has 0 saturated carbocycles. The standard InChI is InChI=1S/C40H72N20O9/c41-12-2-1-7-24(42)31(63)55-25(8-3-13-51-38(43)44)33(65)56-26(9-4-14-52-39(45)46)34(66)57-27(10-5-15-53-40(47)48)35(67)58-28(19-23-20-49-22-54-23)37(69)60-17-6-11-30(60)36(68)59-29(21-62)32(64)50-16-18-61/h18,20,22,24-30,62H,1-17,19,21,41-42H2,(H,49,54)(H,50,64)(H,55,63)(H,56,65)(H,57,66)(H,58,67)(H,59,68)(H4,43,44,51)(H4,45,46,52)(H4,47,48,53)/t24-,25-,26-,27-,28-,29-,30-/m0/s1.